The van der Waals surface area contributed by atoms with E-state index in [9.17, 15) is 9.59 Å². The molecule has 0 saturated carbocycles. The highest BCUT2D eigenvalue weighted by molar-refractivity contribution is 5.98. The van der Waals surface area contributed by atoms with E-state index in [0.29, 0.717) is 24.3 Å². The van der Waals surface area contributed by atoms with Crippen molar-refractivity contribution in [1.29, 1.82) is 0 Å². The molecule has 6 nitrogen and oxygen atoms in total. The van der Waals surface area contributed by atoms with Crippen molar-refractivity contribution in [3.63, 3.8) is 0 Å². The smallest absolute Gasteiger partial charge is 0.331 e. The summed E-state index contributed by atoms with van der Waals surface area (Å²) in [5.41, 5.74) is 0.271. The molecule has 0 aliphatic rings. The predicted octanol–water partition coefficient (Wildman–Crippen LogP) is 2.73. The molecule has 0 aliphatic heterocycles. The van der Waals surface area contributed by atoms with Crippen molar-refractivity contribution in [2.75, 3.05) is 7.11 Å². The summed E-state index contributed by atoms with van der Waals surface area (Å²) in [5, 5.41) is 2.73. The van der Waals surface area contributed by atoms with Crippen LogP contribution in [0.5, 0.6) is 5.75 Å². The largest absolute Gasteiger partial charge is 0.489 e. The molecule has 1 aromatic heterocycles. The van der Waals surface area contributed by atoms with Gasteiger partial charge >= 0.3 is 5.97 Å². The van der Waals surface area contributed by atoms with E-state index in [1.54, 1.807) is 43.6 Å². The van der Waals surface area contributed by atoms with Gasteiger partial charge in [0, 0.05) is 23.5 Å². The molecule has 0 spiro atoms. The van der Waals surface area contributed by atoms with Gasteiger partial charge in [-0.05, 0) is 37.6 Å². The minimum atomic E-state index is -1.07. The van der Waals surface area contributed by atoms with E-state index in [-0.39, 0.29) is 5.91 Å². The molecule has 1 atom stereocenters. The molecule has 1 amide bonds. The molecule has 1 unspecified atom stereocenters. The molecule has 0 radical (unpaired) electrons. The molecule has 6 heteroatoms. The summed E-state index contributed by atoms with van der Waals surface area (Å²) in [5.74, 6) is -0.276. The molecule has 2 aromatic rings. The van der Waals surface area contributed by atoms with E-state index in [1.165, 1.54) is 7.11 Å². The number of carbonyl (C=O) groups excluding carboxylic acids is 2. The monoisotopic (exact) mass is 342 g/mol. The Balaban J connectivity index is 2.07. The van der Waals surface area contributed by atoms with E-state index >= 15 is 0 Å². The number of benzene rings is 1. The Hall–Kier alpha value is -2.89. The summed E-state index contributed by atoms with van der Waals surface area (Å²) in [6, 6.07) is 10.5. The highest BCUT2D eigenvalue weighted by Gasteiger charge is 2.34. The van der Waals surface area contributed by atoms with Gasteiger partial charge in [0.15, 0.2) is 0 Å². The van der Waals surface area contributed by atoms with Crippen LogP contribution in [0.1, 0.15) is 36.2 Å². The Morgan fingerprint density at radius 3 is 2.68 bits per heavy atom. The average molecular weight is 342 g/mol. The highest BCUT2D eigenvalue weighted by atomic mass is 16.5. The van der Waals surface area contributed by atoms with Crippen LogP contribution in [0.3, 0.4) is 0 Å². The fraction of sp³-hybridized carbons (Fsp3) is 0.316. The number of esters is 1. The molecular weight excluding hydrogens is 320 g/mol. The number of aromatic nitrogens is 1. The van der Waals surface area contributed by atoms with Crippen molar-refractivity contribution in [2.24, 2.45) is 0 Å². The third-order valence-corrected chi connectivity index (χ3v) is 3.96. The van der Waals surface area contributed by atoms with E-state index < -0.39 is 11.5 Å². The number of ether oxygens (including phenoxy) is 2. The van der Waals surface area contributed by atoms with Crippen LogP contribution >= 0.6 is 0 Å². The maximum atomic E-state index is 12.5. The molecule has 2 rings (SSSR count). The molecule has 1 aromatic carbocycles. The summed E-state index contributed by atoms with van der Waals surface area (Å²) in [7, 11) is 1.30. The number of methoxy groups -OCH3 is 1. The van der Waals surface area contributed by atoms with Gasteiger partial charge in [-0.15, -0.1) is 0 Å². The number of hydrogen-bond acceptors (Lipinski definition) is 5. The van der Waals surface area contributed by atoms with E-state index in [2.05, 4.69) is 10.3 Å². The zero-order chi connectivity index (χ0) is 18.3. The van der Waals surface area contributed by atoms with Crippen LogP contribution in [0.15, 0.2) is 48.8 Å². The third-order valence-electron chi connectivity index (χ3n) is 3.96. The summed E-state index contributed by atoms with van der Waals surface area (Å²) in [4.78, 5) is 28.4. The standard InChI is InChI=1S/C19H22N2O4/c1-4-19(2,18(23)24-3)21-17(22)15-8-5-9-16(11-15)25-13-14-7-6-10-20-12-14/h5-12H,4,13H2,1-3H3,(H,21,22). The zero-order valence-electron chi connectivity index (χ0n) is 14.6. The molecule has 0 aliphatic carbocycles. The quantitative estimate of drug-likeness (QED) is 0.783. The Morgan fingerprint density at radius 2 is 2.04 bits per heavy atom. The number of hydrogen-bond donors (Lipinski definition) is 1. The number of nitrogens with zero attached hydrogens (tertiary/aromatic N) is 1. The second-order valence-electron chi connectivity index (χ2n) is 5.81. The molecule has 25 heavy (non-hydrogen) atoms. The minimum absolute atomic E-state index is 0.355. The van der Waals surface area contributed by atoms with Gasteiger partial charge in [-0.2, -0.15) is 0 Å². The Labute approximate surface area is 147 Å². The van der Waals surface area contributed by atoms with Crippen LogP contribution in [-0.4, -0.2) is 29.5 Å². The van der Waals surface area contributed by atoms with Gasteiger partial charge in [0.25, 0.3) is 5.91 Å². The molecule has 1 heterocycles. The molecule has 132 valence electrons. The van der Waals surface area contributed by atoms with Gasteiger partial charge in [-0.25, -0.2) is 4.79 Å². The summed E-state index contributed by atoms with van der Waals surface area (Å²) >= 11 is 0. The first-order valence-electron chi connectivity index (χ1n) is 8.01. The first kappa shape index (κ1) is 18.4. The van der Waals surface area contributed by atoms with Gasteiger partial charge in [0.1, 0.15) is 17.9 Å². The normalized spacial score (nSPS) is 12.8. The summed E-state index contributed by atoms with van der Waals surface area (Å²) < 4.78 is 10.5. The van der Waals surface area contributed by atoms with Gasteiger partial charge in [0.05, 0.1) is 7.11 Å². The van der Waals surface area contributed by atoms with E-state index in [0.717, 1.165) is 5.56 Å². The van der Waals surface area contributed by atoms with Crippen molar-refractivity contribution in [1.82, 2.24) is 10.3 Å². The number of nitrogens with one attached hydrogen (secondary N) is 1. The SMILES string of the molecule is CCC(C)(NC(=O)c1cccc(OCc2cccnc2)c1)C(=O)OC. The summed E-state index contributed by atoms with van der Waals surface area (Å²) in [6.07, 6.45) is 3.84. The minimum Gasteiger partial charge on any atom is -0.489 e. The lowest BCUT2D eigenvalue weighted by Gasteiger charge is -2.26. The number of carbonyl (C=O) groups is 2. The first-order valence-corrected chi connectivity index (χ1v) is 8.01. The van der Waals surface area contributed by atoms with Crippen molar-refractivity contribution in [2.45, 2.75) is 32.4 Å². The average Bonchev–Trinajstić information content (AvgIpc) is 2.66. The predicted molar refractivity (Wildman–Crippen MR) is 93.2 cm³/mol. The van der Waals surface area contributed by atoms with Crippen LogP contribution in [0.4, 0.5) is 0 Å². The maximum absolute atomic E-state index is 12.5. The fourth-order valence-electron chi connectivity index (χ4n) is 2.21. The maximum Gasteiger partial charge on any atom is 0.331 e. The number of pyridine rings is 1. The van der Waals surface area contributed by atoms with Crippen LogP contribution in [0.2, 0.25) is 0 Å². The lowest BCUT2D eigenvalue weighted by atomic mass is 9.98. The zero-order valence-corrected chi connectivity index (χ0v) is 14.6. The van der Waals surface area contributed by atoms with Gasteiger partial charge in [-0.1, -0.05) is 19.1 Å². The van der Waals surface area contributed by atoms with Crippen LogP contribution in [0, 0.1) is 0 Å². The Bertz CT molecular complexity index is 733. The molecule has 1 N–H and O–H groups in total. The second kappa shape index (κ2) is 8.28. The molecule has 0 bridgehead atoms. The Morgan fingerprint density at radius 1 is 1.24 bits per heavy atom. The van der Waals surface area contributed by atoms with Crippen LogP contribution < -0.4 is 10.1 Å². The Kier molecular flexibility index (Phi) is 6.11. The topological polar surface area (TPSA) is 77.5 Å². The van der Waals surface area contributed by atoms with Gasteiger partial charge in [-0.3, -0.25) is 9.78 Å². The fourth-order valence-corrected chi connectivity index (χ4v) is 2.21. The van der Waals surface area contributed by atoms with Crippen molar-refractivity contribution in [3.05, 3.63) is 59.9 Å². The van der Waals surface area contributed by atoms with Crippen molar-refractivity contribution >= 4 is 11.9 Å². The highest BCUT2D eigenvalue weighted by Crippen LogP contribution is 2.17. The second-order valence-corrected chi connectivity index (χ2v) is 5.81. The van der Waals surface area contributed by atoms with Crippen molar-refractivity contribution in [3.8, 4) is 5.75 Å². The first-order chi connectivity index (χ1) is 12.0. The number of rotatable bonds is 7. The summed E-state index contributed by atoms with van der Waals surface area (Å²) in [6.45, 7) is 3.80. The van der Waals surface area contributed by atoms with E-state index in [4.69, 9.17) is 9.47 Å². The molecule has 0 fully saturated rings. The van der Waals surface area contributed by atoms with E-state index in [1.807, 2.05) is 19.1 Å². The van der Waals surface area contributed by atoms with Crippen molar-refractivity contribution < 1.29 is 19.1 Å². The van der Waals surface area contributed by atoms with Gasteiger partial charge < -0.3 is 14.8 Å². The third kappa shape index (κ3) is 4.79. The lowest BCUT2D eigenvalue weighted by Crippen LogP contribution is -2.52. The molecule has 0 saturated heterocycles. The van der Waals surface area contributed by atoms with Gasteiger partial charge in [0.2, 0.25) is 0 Å². The molecular formula is C19H22N2O4. The van der Waals surface area contributed by atoms with Crippen LogP contribution in [0.25, 0.3) is 0 Å². The lowest BCUT2D eigenvalue weighted by molar-refractivity contribution is -0.147. The van der Waals surface area contributed by atoms with Crippen LogP contribution in [-0.2, 0) is 16.1 Å². The number of amides is 1.